The largest absolute Gasteiger partial charge is 0.493 e. The first kappa shape index (κ1) is 16.7. The van der Waals surface area contributed by atoms with Gasteiger partial charge in [0, 0.05) is 23.3 Å². The number of aromatic nitrogens is 2. The minimum Gasteiger partial charge on any atom is -0.493 e. The highest BCUT2D eigenvalue weighted by Crippen LogP contribution is 2.30. The van der Waals surface area contributed by atoms with E-state index in [4.69, 9.17) is 9.47 Å². The first-order valence-corrected chi connectivity index (χ1v) is 8.24. The molecule has 8 heteroatoms. The average molecular weight is 356 g/mol. The SMILES string of the molecule is COc1ccc(NC(=O)c2csc(Nc3ccccn3)n2)cc1OC. The van der Waals surface area contributed by atoms with Gasteiger partial charge < -0.3 is 20.1 Å². The van der Waals surface area contributed by atoms with Crippen LogP contribution in [0.1, 0.15) is 10.5 Å². The summed E-state index contributed by atoms with van der Waals surface area (Å²) in [4.78, 5) is 20.8. The number of rotatable bonds is 6. The van der Waals surface area contributed by atoms with Gasteiger partial charge in [-0.25, -0.2) is 9.97 Å². The highest BCUT2D eigenvalue weighted by Gasteiger charge is 2.13. The number of anilines is 3. The van der Waals surface area contributed by atoms with E-state index in [0.29, 0.717) is 33.8 Å². The molecule has 0 saturated carbocycles. The molecule has 0 aliphatic heterocycles. The van der Waals surface area contributed by atoms with Crippen molar-refractivity contribution in [2.45, 2.75) is 0 Å². The Kier molecular flexibility index (Phi) is 5.10. The summed E-state index contributed by atoms with van der Waals surface area (Å²) < 4.78 is 10.4. The number of amides is 1. The molecule has 0 aliphatic carbocycles. The fourth-order valence-corrected chi connectivity index (χ4v) is 2.79. The van der Waals surface area contributed by atoms with Gasteiger partial charge in [0.05, 0.1) is 14.2 Å². The zero-order chi connectivity index (χ0) is 17.6. The standard InChI is InChI=1S/C17H16N4O3S/c1-23-13-7-6-11(9-14(13)24-2)19-16(22)12-10-25-17(20-12)21-15-5-3-4-8-18-15/h3-10H,1-2H3,(H,19,22)(H,18,20,21). The number of nitrogens with one attached hydrogen (secondary N) is 2. The minimum absolute atomic E-state index is 0.308. The van der Waals surface area contributed by atoms with Gasteiger partial charge in [0.25, 0.3) is 5.91 Å². The number of thiazole rings is 1. The first-order valence-electron chi connectivity index (χ1n) is 7.36. The highest BCUT2D eigenvalue weighted by molar-refractivity contribution is 7.14. The summed E-state index contributed by atoms with van der Waals surface area (Å²) in [6, 6.07) is 10.7. The third-order valence-electron chi connectivity index (χ3n) is 3.28. The number of nitrogens with zero attached hydrogens (tertiary/aromatic N) is 2. The number of carbonyl (C=O) groups is 1. The van der Waals surface area contributed by atoms with Gasteiger partial charge in [-0.3, -0.25) is 4.79 Å². The van der Waals surface area contributed by atoms with Crippen LogP contribution in [0.5, 0.6) is 11.5 Å². The van der Waals surface area contributed by atoms with Crippen LogP contribution in [0.3, 0.4) is 0 Å². The molecule has 1 aromatic carbocycles. The number of hydrogen-bond donors (Lipinski definition) is 2. The van der Waals surface area contributed by atoms with E-state index in [1.807, 2.05) is 18.2 Å². The second-order valence-corrected chi connectivity index (χ2v) is 5.76. The molecule has 0 saturated heterocycles. The van der Waals surface area contributed by atoms with Crippen LogP contribution in [0.2, 0.25) is 0 Å². The maximum atomic E-state index is 12.4. The summed E-state index contributed by atoms with van der Waals surface area (Å²) >= 11 is 1.33. The third-order valence-corrected chi connectivity index (χ3v) is 4.04. The van der Waals surface area contributed by atoms with Gasteiger partial charge in [-0.1, -0.05) is 6.07 Å². The van der Waals surface area contributed by atoms with E-state index < -0.39 is 0 Å². The molecule has 128 valence electrons. The molecule has 0 aliphatic rings. The van der Waals surface area contributed by atoms with Crippen molar-refractivity contribution in [3.8, 4) is 11.5 Å². The second-order valence-electron chi connectivity index (χ2n) is 4.90. The van der Waals surface area contributed by atoms with Crippen molar-refractivity contribution in [3.05, 3.63) is 53.7 Å². The molecule has 0 bridgehead atoms. The van der Waals surface area contributed by atoms with Gasteiger partial charge in [0.15, 0.2) is 16.6 Å². The van der Waals surface area contributed by atoms with Gasteiger partial charge >= 0.3 is 0 Å². The molecule has 3 aromatic rings. The molecule has 25 heavy (non-hydrogen) atoms. The Morgan fingerprint density at radius 3 is 2.68 bits per heavy atom. The van der Waals surface area contributed by atoms with E-state index in [-0.39, 0.29) is 5.91 Å². The van der Waals surface area contributed by atoms with Gasteiger partial charge in [-0.2, -0.15) is 0 Å². The van der Waals surface area contributed by atoms with Crippen molar-refractivity contribution in [2.75, 3.05) is 24.9 Å². The highest BCUT2D eigenvalue weighted by atomic mass is 32.1. The second kappa shape index (κ2) is 7.63. The maximum absolute atomic E-state index is 12.4. The lowest BCUT2D eigenvalue weighted by molar-refractivity contribution is 0.102. The van der Waals surface area contributed by atoms with E-state index >= 15 is 0 Å². The van der Waals surface area contributed by atoms with Gasteiger partial charge in [0.1, 0.15) is 11.5 Å². The fourth-order valence-electron chi connectivity index (χ4n) is 2.09. The molecule has 0 fully saturated rings. The number of benzene rings is 1. The molecule has 2 aromatic heterocycles. The van der Waals surface area contributed by atoms with E-state index in [1.165, 1.54) is 11.3 Å². The molecule has 1 amide bonds. The Bertz CT molecular complexity index is 867. The Morgan fingerprint density at radius 1 is 1.12 bits per heavy atom. The number of hydrogen-bond acceptors (Lipinski definition) is 7. The monoisotopic (exact) mass is 356 g/mol. The van der Waals surface area contributed by atoms with Crippen molar-refractivity contribution in [3.63, 3.8) is 0 Å². The summed E-state index contributed by atoms with van der Waals surface area (Å²) in [7, 11) is 3.10. The van der Waals surface area contributed by atoms with Crippen LogP contribution in [0, 0.1) is 0 Å². The molecule has 2 heterocycles. The summed E-state index contributed by atoms with van der Waals surface area (Å²) in [6.45, 7) is 0. The first-order chi connectivity index (χ1) is 12.2. The molecule has 0 radical (unpaired) electrons. The van der Waals surface area contributed by atoms with Gasteiger partial charge in [-0.15, -0.1) is 11.3 Å². The number of methoxy groups -OCH3 is 2. The zero-order valence-corrected chi connectivity index (χ0v) is 14.5. The maximum Gasteiger partial charge on any atom is 0.275 e. The lowest BCUT2D eigenvalue weighted by Gasteiger charge is -2.10. The summed E-state index contributed by atoms with van der Waals surface area (Å²) in [5.74, 6) is 1.49. The van der Waals surface area contributed by atoms with E-state index in [0.717, 1.165) is 0 Å². The molecule has 3 rings (SSSR count). The van der Waals surface area contributed by atoms with E-state index in [1.54, 1.807) is 44.0 Å². The molecule has 0 spiro atoms. The smallest absolute Gasteiger partial charge is 0.275 e. The Labute approximate surface area is 148 Å². The Hall–Kier alpha value is -3.13. The molecule has 0 unspecified atom stereocenters. The third kappa shape index (κ3) is 4.04. The van der Waals surface area contributed by atoms with Crippen LogP contribution in [0.15, 0.2) is 48.0 Å². The molecular weight excluding hydrogens is 340 g/mol. The van der Waals surface area contributed by atoms with Crippen molar-refractivity contribution in [2.24, 2.45) is 0 Å². The van der Waals surface area contributed by atoms with Crippen molar-refractivity contribution >= 4 is 33.9 Å². The Morgan fingerprint density at radius 2 is 1.96 bits per heavy atom. The van der Waals surface area contributed by atoms with Crippen molar-refractivity contribution in [1.82, 2.24) is 9.97 Å². The molecule has 2 N–H and O–H groups in total. The zero-order valence-electron chi connectivity index (χ0n) is 13.6. The van der Waals surface area contributed by atoms with Crippen LogP contribution in [0.4, 0.5) is 16.6 Å². The van der Waals surface area contributed by atoms with Crippen LogP contribution in [-0.4, -0.2) is 30.1 Å². The average Bonchev–Trinajstić information content (AvgIpc) is 3.11. The predicted octanol–water partition coefficient (Wildman–Crippen LogP) is 3.55. The van der Waals surface area contributed by atoms with Gasteiger partial charge in [-0.05, 0) is 24.3 Å². The topological polar surface area (TPSA) is 85.4 Å². The van der Waals surface area contributed by atoms with Crippen molar-refractivity contribution in [1.29, 1.82) is 0 Å². The quantitative estimate of drug-likeness (QED) is 0.702. The fraction of sp³-hybridized carbons (Fsp3) is 0.118. The predicted molar refractivity (Wildman–Crippen MR) is 97.1 cm³/mol. The normalized spacial score (nSPS) is 10.2. The molecular formula is C17H16N4O3S. The summed E-state index contributed by atoms with van der Waals surface area (Å²) in [5.41, 5.74) is 0.910. The van der Waals surface area contributed by atoms with Crippen LogP contribution in [-0.2, 0) is 0 Å². The van der Waals surface area contributed by atoms with E-state index in [2.05, 4.69) is 20.6 Å². The lowest BCUT2D eigenvalue weighted by atomic mass is 10.2. The molecule has 7 nitrogen and oxygen atoms in total. The number of carbonyl (C=O) groups excluding carboxylic acids is 1. The number of pyridine rings is 1. The number of ether oxygens (including phenoxy) is 2. The van der Waals surface area contributed by atoms with Crippen molar-refractivity contribution < 1.29 is 14.3 Å². The minimum atomic E-state index is -0.308. The Balaban J connectivity index is 1.70. The van der Waals surface area contributed by atoms with Crippen LogP contribution >= 0.6 is 11.3 Å². The van der Waals surface area contributed by atoms with E-state index in [9.17, 15) is 4.79 Å². The van der Waals surface area contributed by atoms with Gasteiger partial charge in [0.2, 0.25) is 0 Å². The summed E-state index contributed by atoms with van der Waals surface area (Å²) in [5, 5.41) is 8.12. The lowest BCUT2D eigenvalue weighted by Crippen LogP contribution is -2.12. The van der Waals surface area contributed by atoms with Crippen LogP contribution in [0.25, 0.3) is 0 Å². The summed E-state index contributed by atoms with van der Waals surface area (Å²) in [6.07, 6.45) is 1.68. The molecule has 0 atom stereocenters. The van der Waals surface area contributed by atoms with Crippen LogP contribution < -0.4 is 20.1 Å².